The summed E-state index contributed by atoms with van der Waals surface area (Å²) < 4.78 is 45.3. The number of hydrogen-bond donors (Lipinski definition) is 2. The molecule has 1 aromatic heterocycles. The Balaban J connectivity index is 1.31. The lowest BCUT2D eigenvalue weighted by atomic mass is 9.96. The highest BCUT2D eigenvalue weighted by atomic mass is 32.1. The summed E-state index contributed by atoms with van der Waals surface area (Å²) in [7, 11) is 0. The Bertz CT molecular complexity index is 1320. The van der Waals surface area contributed by atoms with Crippen LogP contribution in [0, 0.1) is 0 Å². The van der Waals surface area contributed by atoms with E-state index in [0.717, 1.165) is 6.07 Å². The van der Waals surface area contributed by atoms with Gasteiger partial charge in [0.15, 0.2) is 0 Å². The highest BCUT2D eigenvalue weighted by molar-refractivity contribution is 7.09. The minimum absolute atomic E-state index is 0.0423. The van der Waals surface area contributed by atoms with Gasteiger partial charge in [0, 0.05) is 30.0 Å². The Morgan fingerprint density at radius 3 is 2.47 bits per heavy atom. The summed E-state index contributed by atoms with van der Waals surface area (Å²) in [6, 6.07) is 11.3. The minimum atomic E-state index is -4.62. The molecule has 0 atom stereocenters. The fourth-order valence-corrected chi connectivity index (χ4v) is 5.11. The van der Waals surface area contributed by atoms with Gasteiger partial charge in [-0.1, -0.05) is 18.2 Å². The van der Waals surface area contributed by atoms with E-state index in [0.29, 0.717) is 35.8 Å². The van der Waals surface area contributed by atoms with Crippen LogP contribution in [0.15, 0.2) is 53.9 Å². The summed E-state index contributed by atoms with van der Waals surface area (Å²) in [6.45, 7) is 2.83. The van der Waals surface area contributed by atoms with Crippen molar-refractivity contribution in [1.82, 2.24) is 20.7 Å². The highest BCUT2D eigenvalue weighted by Crippen LogP contribution is 2.34. The fourth-order valence-electron chi connectivity index (χ4n) is 4.14. The zero-order valence-corrected chi connectivity index (χ0v) is 21.2. The maximum absolute atomic E-state index is 13.3. The molecule has 1 fully saturated rings. The smallest absolute Gasteiger partial charge is 0.417 e. The molecule has 0 aliphatic carbocycles. The first-order valence-corrected chi connectivity index (χ1v) is 12.8. The fraction of sp³-hybridized carbons (Fsp3) is 0.308. The molecule has 0 radical (unpaired) electrons. The van der Waals surface area contributed by atoms with Crippen LogP contribution in [0.1, 0.15) is 67.5 Å². The van der Waals surface area contributed by atoms with Crippen LogP contribution < -0.4 is 15.6 Å². The number of rotatable bonds is 6. The van der Waals surface area contributed by atoms with E-state index >= 15 is 0 Å². The number of hydrogen-bond acceptors (Lipinski definition) is 6. The number of thiazole rings is 1. The number of carbonyl (C=O) groups excluding carboxylic acids is 3. The second kappa shape index (κ2) is 11.6. The monoisotopic (exact) mass is 546 g/mol. The molecule has 2 N–H and O–H groups in total. The van der Waals surface area contributed by atoms with Crippen molar-refractivity contribution in [3.8, 4) is 5.75 Å². The summed E-state index contributed by atoms with van der Waals surface area (Å²) in [5, 5.41) is 2.26. The second-order valence-corrected chi connectivity index (χ2v) is 9.44. The zero-order valence-electron chi connectivity index (χ0n) is 20.4. The van der Waals surface area contributed by atoms with Gasteiger partial charge in [-0.2, -0.15) is 13.2 Å². The molecule has 200 valence electrons. The van der Waals surface area contributed by atoms with Crippen molar-refractivity contribution in [2.75, 3.05) is 19.7 Å². The Kier molecular flexibility index (Phi) is 8.30. The van der Waals surface area contributed by atoms with Crippen molar-refractivity contribution >= 4 is 29.1 Å². The molecule has 2 heterocycles. The van der Waals surface area contributed by atoms with Gasteiger partial charge in [-0.25, -0.2) is 4.98 Å². The molecule has 2 aromatic carbocycles. The van der Waals surface area contributed by atoms with Gasteiger partial charge in [0.1, 0.15) is 11.4 Å². The van der Waals surface area contributed by atoms with Crippen LogP contribution in [0.4, 0.5) is 13.2 Å². The average Bonchev–Trinajstić information content (AvgIpc) is 3.42. The molecular weight excluding hydrogens is 521 g/mol. The topological polar surface area (TPSA) is 101 Å². The normalized spacial score (nSPS) is 14.2. The summed E-state index contributed by atoms with van der Waals surface area (Å²) >= 11 is 1.28. The van der Waals surface area contributed by atoms with E-state index in [1.54, 1.807) is 29.6 Å². The van der Waals surface area contributed by atoms with Gasteiger partial charge >= 0.3 is 6.18 Å². The van der Waals surface area contributed by atoms with Crippen LogP contribution >= 0.6 is 11.3 Å². The summed E-state index contributed by atoms with van der Waals surface area (Å²) in [4.78, 5) is 43.5. The molecule has 12 heteroatoms. The lowest BCUT2D eigenvalue weighted by Gasteiger charge is -2.31. The molecule has 3 aromatic rings. The molecule has 1 saturated heterocycles. The number of piperidine rings is 1. The number of aromatic nitrogens is 1. The molecule has 1 aliphatic rings. The Morgan fingerprint density at radius 1 is 1.05 bits per heavy atom. The first kappa shape index (κ1) is 27.1. The number of ether oxygens (including phenoxy) is 1. The second-order valence-electron chi connectivity index (χ2n) is 8.55. The molecule has 38 heavy (non-hydrogen) atoms. The average molecular weight is 547 g/mol. The number of carbonyl (C=O) groups is 3. The molecule has 1 aliphatic heterocycles. The van der Waals surface area contributed by atoms with E-state index in [4.69, 9.17) is 4.74 Å². The number of likely N-dealkylation sites (tertiary alicyclic amines) is 1. The Morgan fingerprint density at radius 2 is 1.76 bits per heavy atom. The molecule has 0 bridgehead atoms. The van der Waals surface area contributed by atoms with Crippen LogP contribution in [-0.4, -0.2) is 47.3 Å². The first-order chi connectivity index (χ1) is 18.2. The summed E-state index contributed by atoms with van der Waals surface area (Å²) in [6.07, 6.45) is -3.61. The predicted molar refractivity (Wildman–Crippen MR) is 134 cm³/mol. The van der Waals surface area contributed by atoms with Gasteiger partial charge < -0.3 is 9.64 Å². The van der Waals surface area contributed by atoms with E-state index in [-0.39, 0.29) is 30.3 Å². The first-order valence-electron chi connectivity index (χ1n) is 11.9. The van der Waals surface area contributed by atoms with E-state index in [9.17, 15) is 27.6 Å². The number of hydrazine groups is 1. The third kappa shape index (κ3) is 6.31. The van der Waals surface area contributed by atoms with E-state index in [1.807, 2.05) is 6.92 Å². The van der Waals surface area contributed by atoms with Gasteiger partial charge in [-0.15, -0.1) is 11.3 Å². The van der Waals surface area contributed by atoms with Gasteiger partial charge in [-0.05, 0) is 50.1 Å². The Labute approximate surface area is 220 Å². The predicted octanol–water partition coefficient (Wildman–Crippen LogP) is 4.66. The number of benzene rings is 2. The lowest BCUT2D eigenvalue weighted by molar-refractivity contribution is -0.138. The van der Waals surface area contributed by atoms with Crippen molar-refractivity contribution in [2.24, 2.45) is 0 Å². The standard InChI is InChI=1S/C26H25F3N4O4S/c1-2-37-18-7-5-6-17(14-18)22(34)31-32-23(35)21-15-38-24(30-21)16-10-12-33(13-11-16)25(36)19-8-3-4-9-20(19)26(27,28)29/h3-9,14-16H,2,10-13H2,1H3,(H,31,34)(H,32,35). The molecule has 0 saturated carbocycles. The zero-order chi connectivity index (χ0) is 27.3. The third-order valence-corrected chi connectivity index (χ3v) is 7.05. The molecule has 0 unspecified atom stereocenters. The number of amides is 3. The van der Waals surface area contributed by atoms with Crippen LogP contribution in [0.2, 0.25) is 0 Å². The third-order valence-electron chi connectivity index (χ3n) is 6.05. The van der Waals surface area contributed by atoms with Crippen LogP contribution in [-0.2, 0) is 6.18 Å². The lowest BCUT2D eigenvalue weighted by Crippen LogP contribution is -2.41. The van der Waals surface area contributed by atoms with Gasteiger partial charge in [0.2, 0.25) is 0 Å². The molecule has 4 rings (SSSR count). The molecular formula is C26H25F3N4O4S. The molecule has 8 nitrogen and oxygen atoms in total. The van der Waals surface area contributed by atoms with Crippen LogP contribution in [0.5, 0.6) is 5.75 Å². The van der Waals surface area contributed by atoms with Crippen molar-refractivity contribution < 1.29 is 32.3 Å². The van der Waals surface area contributed by atoms with E-state index in [2.05, 4.69) is 15.8 Å². The number of nitrogens with one attached hydrogen (secondary N) is 2. The van der Waals surface area contributed by atoms with Crippen molar-refractivity contribution in [3.63, 3.8) is 0 Å². The van der Waals surface area contributed by atoms with Gasteiger partial charge in [0.05, 0.1) is 22.7 Å². The number of alkyl halides is 3. The molecule has 3 amide bonds. The van der Waals surface area contributed by atoms with Crippen LogP contribution in [0.3, 0.4) is 0 Å². The van der Waals surface area contributed by atoms with E-state index in [1.165, 1.54) is 34.4 Å². The summed E-state index contributed by atoms with van der Waals surface area (Å²) in [5.74, 6) is -1.26. The molecule has 0 spiro atoms. The number of nitrogens with zero attached hydrogens (tertiary/aromatic N) is 2. The number of halogens is 3. The maximum atomic E-state index is 13.3. The Hall–Kier alpha value is -3.93. The largest absolute Gasteiger partial charge is 0.494 e. The summed E-state index contributed by atoms with van der Waals surface area (Å²) in [5.41, 5.74) is 3.83. The van der Waals surface area contributed by atoms with Gasteiger partial charge in [0.25, 0.3) is 17.7 Å². The van der Waals surface area contributed by atoms with Crippen molar-refractivity contribution in [3.05, 3.63) is 81.3 Å². The maximum Gasteiger partial charge on any atom is 0.417 e. The van der Waals surface area contributed by atoms with Crippen LogP contribution in [0.25, 0.3) is 0 Å². The van der Waals surface area contributed by atoms with Gasteiger partial charge in [-0.3, -0.25) is 25.2 Å². The van der Waals surface area contributed by atoms with E-state index < -0.39 is 29.5 Å². The SMILES string of the molecule is CCOc1cccc(C(=O)NNC(=O)c2csc(C3CCN(C(=O)c4ccccc4C(F)(F)F)CC3)n2)c1. The highest BCUT2D eigenvalue weighted by Gasteiger charge is 2.36. The van der Waals surface area contributed by atoms with Crippen molar-refractivity contribution in [2.45, 2.75) is 31.9 Å². The minimum Gasteiger partial charge on any atom is -0.494 e. The quantitative estimate of drug-likeness (QED) is 0.439. The van der Waals surface area contributed by atoms with Crippen molar-refractivity contribution in [1.29, 1.82) is 0 Å².